The van der Waals surface area contributed by atoms with Gasteiger partial charge in [0.1, 0.15) is 0 Å². The van der Waals surface area contributed by atoms with Crippen molar-refractivity contribution in [1.29, 1.82) is 5.41 Å². The lowest BCUT2D eigenvalue weighted by Crippen LogP contribution is -1.88. The predicted molar refractivity (Wildman–Crippen MR) is 34.9 cm³/mol. The number of guanidine groups is 1. The first-order chi connectivity index (χ1) is 4.33. The first-order valence-corrected chi connectivity index (χ1v) is 2.91. The summed E-state index contributed by atoms with van der Waals surface area (Å²) >= 11 is 0. The molecule has 0 amide bonds. The minimum atomic E-state index is 0.0263. The SMILES string of the molecule is CCCC1=NC(=N)N=N1. The lowest BCUT2D eigenvalue weighted by atomic mass is 10.3. The molecule has 1 aliphatic rings. The van der Waals surface area contributed by atoms with Crippen molar-refractivity contribution in [1.82, 2.24) is 0 Å². The van der Waals surface area contributed by atoms with Gasteiger partial charge in [0.25, 0.3) is 5.96 Å². The van der Waals surface area contributed by atoms with Crippen LogP contribution in [-0.2, 0) is 0 Å². The third kappa shape index (κ3) is 1.42. The van der Waals surface area contributed by atoms with Gasteiger partial charge >= 0.3 is 0 Å². The van der Waals surface area contributed by atoms with Crippen LogP contribution in [0.5, 0.6) is 0 Å². The van der Waals surface area contributed by atoms with Crippen LogP contribution in [0.25, 0.3) is 0 Å². The van der Waals surface area contributed by atoms with Crippen LogP contribution >= 0.6 is 0 Å². The van der Waals surface area contributed by atoms with Gasteiger partial charge in [-0.2, -0.15) is 4.99 Å². The normalized spacial score (nSPS) is 16.6. The Morgan fingerprint density at radius 1 is 1.44 bits per heavy atom. The summed E-state index contributed by atoms with van der Waals surface area (Å²) in [6.45, 7) is 2.04. The molecule has 0 spiro atoms. The molecule has 48 valence electrons. The van der Waals surface area contributed by atoms with E-state index in [9.17, 15) is 0 Å². The van der Waals surface area contributed by atoms with Crippen molar-refractivity contribution in [2.24, 2.45) is 15.2 Å². The molecule has 0 fully saturated rings. The van der Waals surface area contributed by atoms with E-state index in [-0.39, 0.29) is 5.96 Å². The first kappa shape index (κ1) is 6.07. The molecule has 0 aromatic carbocycles. The number of hydrogen-bond acceptors (Lipinski definition) is 2. The molecule has 1 N–H and O–H groups in total. The number of hydrogen-bond donors (Lipinski definition) is 1. The van der Waals surface area contributed by atoms with Crippen molar-refractivity contribution in [3.63, 3.8) is 0 Å². The fraction of sp³-hybridized carbons (Fsp3) is 0.600. The highest BCUT2D eigenvalue weighted by atomic mass is 15.3. The summed E-state index contributed by atoms with van der Waals surface area (Å²) in [5.74, 6) is 0.709. The zero-order valence-electron chi connectivity index (χ0n) is 5.26. The topological polar surface area (TPSA) is 60.9 Å². The third-order valence-corrected chi connectivity index (χ3v) is 0.969. The Morgan fingerprint density at radius 3 is 2.67 bits per heavy atom. The fourth-order valence-corrected chi connectivity index (χ4v) is 0.602. The van der Waals surface area contributed by atoms with Crippen LogP contribution < -0.4 is 0 Å². The standard InChI is InChI=1S/C5H8N4/c1-2-3-4-7-5(6)9-8-4/h6H,2-3H2,1H3. The van der Waals surface area contributed by atoms with Crippen molar-refractivity contribution in [3.8, 4) is 0 Å². The largest absolute Gasteiger partial charge is 0.264 e. The molecule has 4 heteroatoms. The Bertz CT molecular complexity index is 179. The van der Waals surface area contributed by atoms with E-state index in [1.54, 1.807) is 0 Å². The minimum Gasteiger partial charge on any atom is -0.264 e. The molecule has 0 saturated heterocycles. The van der Waals surface area contributed by atoms with E-state index in [1.165, 1.54) is 0 Å². The number of azo groups is 1. The Morgan fingerprint density at radius 2 is 2.22 bits per heavy atom. The number of amidine groups is 1. The highest BCUT2D eigenvalue weighted by molar-refractivity contribution is 5.99. The number of rotatable bonds is 2. The maximum atomic E-state index is 6.91. The summed E-state index contributed by atoms with van der Waals surface area (Å²) in [5, 5.41) is 14.0. The molecule has 9 heavy (non-hydrogen) atoms. The van der Waals surface area contributed by atoms with Crippen LogP contribution in [0.1, 0.15) is 19.8 Å². The summed E-state index contributed by atoms with van der Waals surface area (Å²) in [5.41, 5.74) is 0. The monoisotopic (exact) mass is 124 g/mol. The Kier molecular flexibility index (Phi) is 1.67. The van der Waals surface area contributed by atoms with Gasteiger partial charge in [-0.1, -0.05) is 6.92 Å². The molecule has 0 bridgehead atoms. The molecule has 0 saturated carbocycles. The Labute approximate surface area is 53.2 Å². The Hall–Kier alpha value is -1.06. The van der Waals surface area contributed by atoms with E-state index in [1.807, 2.05) is 6.92 Å². The van der Waals surface area contributed by atoms with E-state index >= 15 is 0 Å². The molecule has 1 aliphatic heterocycles. The molecule has 0 radical (unpaired) electrons. The second kappa shape index (κ2) is 2.48. The van der Waals surface area contributed by atoms with E-state index in [4.69, 9.17) is 5.41 Å². The summed E-state index contributed by atoms with van der Waals surface area (Å²) in [4.78, 5) is 3.74. The number of aliphatic imine (C=N–C) groups is 1. The Balaban J connectivity index is 2.53. The second-order valence-electron chi connectivity index (χ2n) is 1.80. The van der Waals surface area contributed by atoms with Crippen LogP contribution in [-0.4, -0.2) is 11.8 Å². The van der Waals surface area contributed by atoms with Crippen LogP contribution in [0, 0.1) is 5.41 Å². The molecule has 0 aliphatic carbocycles. The predicted octanol–water partition coefficient (Wildman–Crippen LogP) is 1.59. The smallest absolute Gasteiger partial charge is 0.263 e. The number of nitrogens with one attached hydrogen (secondary N) is 1. The van der Waals surface area contributed by atoms with Gasteiger partial charge < -0.3 is 0 Å². The van der Waals surface area contributed by atoms with Crippen molar-refractivity contribution in [2.75, 3.05) is 0 Å². The molecule has 0 aromatic rings. The molecule has 1 heterocycles. The van der Waals surface area contributed by atoms with Gasteiger partial charge in [0.05, 0.1) is 0 Å². The van der Waals surface area contributed by atoms with Gasteiger partial charge in [0.2, 0.25) is 0 Å². The van der Waals surface area contributed by atoms with Crippen LogP contribution in [0.2, 0.25) is 0 Å². The average molecular weight is 124 g/mol. The van der Waals surface area contributed by atoms with E-state index in [0.717, 1.165) is 12.8 Å². The van der Waals surface area contributed by atoms with Gasteiger partial charge in [-0.25, -0.2) is 0 Å². The van der Waals surface area contributed by atoms with Gasteiger partial charge in [0.15, 0.2) is 5.84 Å². The summed E-state index contributed by atoms with van der Waals surface area (Å²) in [6, 6.07) is 0. The lowest BCUT2D eigenvalue weighted by Gasteiger charge is -1.84. The average Bonchev–Trinajstić information content (AvgIpc) is 2.17. The van der Waals surface area contributed by atoms with Crippen LogP contribution in [0.3, 0.4) is 0 Å². The van der Waals surface area contributed by atoms with E-state index in [0.29, 0.717) is 5.84 Å². The zero-order chi connectivity index (χ0) is 6.69. The van der Waals surface area contributed by atoms with E-state index < -0.39 is 0 Å². The van der Waals surface area contributed by atoms with Crippen molar-refractivity contribution in [2.45, 2.75) is 19.8 Å². The molecule has 4 nitrogen and oxygen atoms in total. The summed E-state index contributed by atoms with van der Waals surface area (Å²) in [6.07, 6.45) is 1.83. The van der Waals surface area contributed by atoms with Gasteiger partial charge in [-0.15, -0.1) is 10.2 Å². The molecular weight excluding hydrogens is 116 g/mol. The summed E-state index contributed by atoms with van der Waals surface area (Å²) in [7, 11) is 0. The number of nitrogens with zero attached hydrogens (tertiary/aromatic N) is 3. The van der Waals surface area contributed by atoms with Crippen molar-refractivity contribution >= 4 is 11.8 Å². The quantitative estimate of drug-likeness (QED) is 0.581. The second-order valence-corrected chi connectivity index (χ2v) is 1.80. The lowest BCUT2D eigenvalue weighted by molar-refractivity contribution is 0.983. The molecule has 0 atom stereocenters. The maximum Gasteiger partial charge on any atom is 0.263 e. The van der Waals surface area contributed by atoms with E-state index in [2.05, 4.69) is 15.2 Å². The molecule has 0 aromatic heterocycles. The third-order valence-electron chi connectivity index (χ3n) is 0.969. The summed E-state index contributed by atoms with van der Waals surface area (Å²) < 4.78 is 0. The molecule has 0 unspecified atom stereocenters. The van der Waals surface area contributed by atoms with Gasteiger partial charge in [-0.05, 0) is 6.42 Å². The molecule has 1 rings (SSSR count). The van der Waals surface area contributed by atoms with Crippen molar-refractivity contribution in [3.05, 3.63) is 0 Å². The molecular formula is C5H8N4. The van der Waals surface area contributed by atoms with Gasteiger partial charge in [0, 0.05) is 6.42 Å². The zero-order valence-corrected chi connectivity index (χ0v) is 5.26. The van der Waals surface area contributed by atoms with Crippen LogP contribution in [0.15, 0.2) is 15.2 Å². The van der Waals surface area contributed by atoms with Gasteiger partial charge in [-0.3, -0.25) is 5.41 Å². The maximum absolute atomic E-state index is 6.91. The fourth-order valence-electron chi connectivity index (χ4n) is 0.602. The minimum absolute atomic E-state index is 0.0263. The van der Waals surface area contributed by atoms with Crippen LogP contribution in [0.4, 0.5) is 0 Å². The van der Waals surface area contributed by atoms with Crippen molar-refractivity contribution < 1.29 is 0 Å². The highest BCUT2D eigenvalue weighted by Crippen LogP contribution is 2.02. The highest BCUT2D eigenvalue weighted by Gasteiger charge is 2.03. The first-order valence-electron chi connectivity index (χ1n) is 2.91.